The van der Waals surface area contributed by atoms with Gasteiger partial charge in [0.1, 0.15) is 0 Å². The predicted octanol–water partition coefficient (Wildman–Crippen LogP) is 4.83. The van der Waals surface area contributed by atoms with E-state index in [0.717, 1.165) is 18.7 Å². The van der Waals surface area contributed by atoms with Gasteiger partial charge in [0, 0.05) is 26.3 Å². The second-order valence-corrected chi connectivity index (χ2v) is 5.75. The lowest BCUT2D eigenvalue weighted by Crippen LogP contribution is -2.10. The van der Waals surface area contributed by atoms with Crippen LogP contribution in [0, 0.1) is 0 Å². The van der Waals surface area contributed by atoms with E-state index in [1.165, 1.54) is 9.75 Å². The Morgan fingerprint density at radius 2 is 1.82 bits per heavy atom. The van der Waals surface area contributed by atoms with Crippen LogP contribution in [-0.4, -0.2) is 6.54 Å². The Morgan fingerprint density at radius 3 is 2.47 bits per heavy atom. The largest absolute Gasteiger partial charge is 0.312 e. The van der Waals surface area contributed by atoms with Gasteiger partial charge in [0.05, 0.1) is 0 Å². The molecule has 1 N–H and O–H groups in total. The monoisotopic (exact) mass is 285 g/mol. The Morgan fingerprint density at radius 1 is 1.12 bits per heavy atom. The van der Waals surface area contributed by atoms with E-state index < -0.39 is 0 Å². The molecule has 0 spiro atoms. The van der Waals surface area contributed by atoms with Gasteiger partial charge in [-0.05, 0) is 42.4 Å². The van der Waals surface area contributed by atoms with Crippen molar-refractivity contribution in [3.63, 3.8) is 0 Å². The zero-order chi connectivity index (χ0) is 12.3. The molecule has 0 aliphatic rings. The molecule has 0 saturated heterocycles. The van der Waals surface area contributed by atoms with Gasteiger partial charge in [0.25, 0.3) is 0 Å². The van der Waals surface area contributed by atoms with Crippen LogP contribution in [0.2, 0.25) is 10.0 Å². The van der Waals surface area contributed by atoms with Crippen molar-refractivity contribution in [3.05, 3.63) is 45.3 Å². The van der Waals surface area contributed by atoms with Crippen LogP contribution in [-0.2, 0) is 6.54 Å². The number of hydrogen-bond acceptors (Lipinski definition) is 2. The number of rotatable bonds is 4. The lowest BCUT2D eigenvalue weighted by molar-refractivity contribution is 0.735. The van der Waals surface area contributed by atoms with Crippen molar-refractivity contribution in [3.8, 4) is 10.4 Å². The van der Waals surface area contributed by atoms with E-state index in [0.29, 0.717) is 10.0 Å². The Balaban J connectivity index is 2.24. The summed E-state index contributed by atoms with van der Waals surface area (Å²) in [5, 5.41) is 4.66. The van der Waals surface area contributed by atoms with Crippen LogP contribution >= 0.6 is 34.5 Å². The Kier molecular flexibility index (Phi) is 4.46. The molecule has 0 atom stereocenters. The minimum atomic E-state index is 0.675. The smallest absolute Gasteiger partial charge is 0.0427 e. The molecule has 1 aromatic heterocycles. The first-order chi connectivity index (χ1) is 8.19. The molecule has 17 heavy (non-hydrogen) atoms. The normalized spacial score (nSPS) is 10.8. The molecule has 0 aliphatic carbocycles. The van der Waals surface area contributed by atoms with Crippen LogP contribution in [0.1, 0.15) is 11.8 Å². The quantitative estimate of drug-likeness (QED) is 0.848. The maximum atomic E-state index is 6.00. The number of benzene rings is 1. The fourth-order valence-corrected chi connectivity index (χ4v) is 3.06. The highest BCUT2D eigenvalue weighted by Gasteiger charge is 2.05. The summed E-state index contributed by atoms with van der Waals surface area (Å²) in [4.78, 5) is 2.51. The van der Waals surface area contributed by atoms with E-state index >= 15 is 0 Å². The molecule has 0 unspecified atom stereocenters. The van der Waals surface area contributed by atoms with Gasteiger partial charge >= 0.3 is 0 Å². The van der Waals surface area contributed by atoms with Crippen molar-refractivity contribution in [2.75, 3.05) is 6.54 Å². The fourth-order valence-electron chi connectivity index (χ4n) is 1.57. The Labute approximate surface area is 115 Å². The highest BCUT2D eigenvalue weighted by atomic mass is 35.5. The maximum absolute atomic E-state index is 6.00. The summed E-state index contributed by atoms with van der Waals surface area (Å²) in [6.45, 7) is 4.00. The lowest BCUT2D eigenvalue weighted by Gasteiger charge is -2.00. The van der Waals surface area contributed by atoms with Crippen LogP contribution in [0.15, 0.2) is 30.3 Å². The number of halogens is 2. The van der Waals surface area contributed by atoms with Crippen LogP contribution in [0.5, 0.6) is 0 Å². The summed E-state index contributed by atoms with van der Waals surface area (Å²) in [6, 6.07) is 9.88. The van der Waals surface area contributed by atoms with Gasteiger partial charge in [-0.1, -0.05) is 30.1 Å². The third-order valence-electron chi connectivity index (χ3n) is 2.36. The van der Waals surface area contributed by atoms with Crippen molar-refractivity contribution in [2.24, 2.45) is 0 Å². The SMILES string of the molecule is CCNCc1ccc(-c2cc(Cl)cc(Cl)c2)s1. The molecule has 4 heteroatoms. The topological polar surface area (TPSA) is 12.0 Å². The molecular formula is C13H13Cl2NS. The van der Waals surface area contributed by atoms with E-state index in [9.17, 15) is 0 Å². The highest BCUT2D eigenvalue weighted by Crippen LogP contribution is 2.32. The summed E-state index contributed by atoms with van der Waals surface area (Å²) in [5.74, 6) is 0. The summed E-state index contributed by atoms with van der Waals surface area (Å²) >= 11 is 13.8. The molecule has 0 saturated carbocycles. The summed E-state index contributed by atoms with van der Waals surface area (Å²) in [5.41, 5.74) is 1.08. The van der Waals surface area contributed by atoms with E-state index in [1.807, 2.05) is 12.1 Å². The van der Waals surface area contributed by atoms with Crippen molar-refractivity contribution < 1.29 is 0 Å². The van der Waals surface area contributed by atoms with Gasteiger partial charge in [0.2, 0.25) is 0 Å². The van der Waals surface area contributed by atoms with Crippen LogP contribution in [0.4, 0.5) is 0 Å². The van der Waals surface area contributed by atoms with E-state index in [2.05, 4.69) is 24.4 Å². The predicted molar refractivity (Wildman–Crippen MR) is 77.2 cm³/mol. The van der Waals surface area contributed by atoms with Crippen molar-refractivity contribution in [1.82, 2.24) is 5.32 Å². The molecule has 1 aromatic carbocycles. The van der Waals surface area contributed by atoms with E-state index in [-0.39, 0.29) is 0 Å². The molecule has 0 amide bonds. The van der Waals surface area contributed by atoms with Crippen molar-refractivity contribution in [1.29, 1.82) is 0 Å². The zero-order valence-corrected chi connectivity index (χ0v) is 11.8. The van der Waals surface area contributed by atoms with Gasteiger partial charge in [-0.3, -0.25) is 0 Å². The molecule has 2 aromatic rings. The van der Waals surface area contributed by atoms with Crippen molar-refractivity contribution in [2.45, 2.75) is 13.5 Å². The zero-order valence-electron chi connectivity index (χ0n) is 9.47. The van der Waals surface area contributed by atoms with Gasteiger partial charge in [-0.15, -0.1) is 11.3 Å². The Bertz CT molecular complexity index is 488. The van der Waals surface area contributed by atoms with Gasteiger partial charge < -0.3 is 5.32 Å². The van der Waals surface area contributed by atoms with Crippen molar-refractivity contribution >= 4 is 34.5 Å². The average Bonchev–Trinajstić information content (AvgIpc) is 2.73. The van der Waals surface area contributed by atoms with Gasteiger partial charge in [0.15, 0.2) is 0 Å². The standard InChI is InChI=1S/C13H13Cl2NS/c1-2-16-8-12-3-4-13(17-12)9-5-10(14)7-11(15)6-9/h3-7,16H,2,8H2,1H3. The second kappa shape index (κ2) is 5.87. The summed E-state index contributed by atoms with van der Waals surface area (Å²) in [7, 11) is 0. The Hall–Kier alpha value is -0.540. The number of thiophene rings is 1. The molecule has 90 valence electrons. The van der Waals surface area contributed by atoms with E-state index in [4.69, 9.17) is 23.2 Å². The molecular weight excluding hydrogens is 273 g/mol. The summed E-state index contributed by atoms with van der Waals surface area (Å²) in [6.07, 6.45) is 0. The number of nitrogens with one attached hydrogen (secondary N) is 1. The average molecular weight is 286 g/mol. The van der Waals surface area contributed by atoms with Crippen LogP contribution in [0.3, 0.4) is 0 Å². The third-order valence-corrected chi connectivity index (χ3v) is 3.93. The first-order valence-corrected chi connectivity index (χ1v) is 7.02. The minimum absolute atomic E-state index is 0.675. The molecule has 1 nitrogen and oxygen atoms in total. The van der Waals surface area contributed by atoms with Crippen LogP contribution < -0.4 is 5.32 Å². The minimum Gasteiger partial charge on any atom is -0.312 e. The van der Waals surface area contributed by atoms with Gasteiger partial charge in [-0.25, -0.2) is 0 Å². The molecule has 1 heterocycles. The molecule has 2 rings (SSSR count). The summed E-state index contributed by atoms with van der Waals surface area (Å²) < 4.78 is 0. The first-order valence-electron chi connectivity index (χ1n) is 5.45. The molecule has 0 radical (unpaired) electrons. The van der Waals surface area contributed by atoms with Crippen LogP contribution in [0.25, 0.3) is 10.4 Å². The lowest BCUT2D eigenvalue weighted by atomic mass is 10.2. The third kappa shape index (κ3) is 3.46. The number of hydrogen-bond donors (Lipinski definition) is 1. The van der Waals surface area contributed by atoms with E-state index in [1.54, 1.807) is 17.4 Å². The fraction of sp³-hybridized carbons (Fsp3) is 0.231. The first kappa shape index (κ1) is 12.9. The second-order valence-electron chi connectivity index (χ2n) is 3.70. The molecule has 0 aliphatic heterocycles. The van der Waals surface area contributed by atoms with Gasteiger partial charge in [-0.2, -0.15) is 0 Å². The molecule has 0 fully saturated rings. The molecule has 0 bridgehead atoms. The highest BCUT2D eigenvalue weighted by molar-refractivity contribution is 7.15. The maximum Gasteiger partial charge on any atom is 0.0427 e.